The predicted octanol–water partition coefficient (Wildman–Crippen LogP) is 6.20. The molecule has 4 rings (SSSR count). The van der Waals surface area contributed by atoms with Crippen molar-refractivity contribution in [3.63, 3.8) is 0 Å². The molecule has 1 aliphatic rings. The van der Waals surface area contributed by atoms with Gasteiger partial charge in [0.05, 0.1) is 5.57 Å². The third-order valence-electron chi connectivity index (χ3n) is 4.81. The summed E-state index contributed by atoms with van der Waals surface area (Å²) in [5.41, 5.74) is 4.10. The average Bonchev–Trinajstić information content (AvgIpc) is 2.72. The van der Waals surface area contributed by atoms with E-state index in [1.165, 1.54) is 6.08 Å². The van der Waals surface area contributed by atoms with Crippen LogP contribution in [0, 0.1) is 0 Å². The van der Waals surface area contributed by atoms with Gasteiger partial charge in [-0.25, -0.2) is 0 Å². The van der Waals surface area contributed by atoms with E-state index in [2.05, 4.69) is 0 Å². The molecule has 0 spiro atoms. The fourth-order valence-corrected chi connectivity index (χ4v) is 3.87. The van der Waals surface area contributed by atoms with Crippen molar-refractivity contribution >= 4 is 46.4 Å². The second kappa shape index (κ2) is 8.20. The summed E-state index contributed by atoms with van der Waals surface area (Å²) in [6, 6.07) is 22.1. The maximum Gasteiger partial charge on any atom is 0.190 e. The van der Waals surface area contributed by atoms with Crippen molar-refractivity contribution in [2.24, 2.45) is 0 Å². The van der Waals surface area contributed by atoms with Crippen LogP contribution in [0.5, 0.6) is 0 Å². The van der Waals surface area contributed by atoms with Gasteiger partial charge in [0.1, 0.15) is 0 Å². The maximum absolute atomic E-state index is 13.1. The van der Waals surface area contributed by atoms with Gasteiger partial charge in [0.15, 0.2) is 11.6 Å². The van der Waals surface area contributed by atoms with Crippen molar-refractivity contribution < 1.29 is 9.59 Å². The van der Waals surface area contributed by atoms with Crippen LogP contribution in [0.4, 0.5) is 0 Å². The minimum absolute atomic E-state index is 0.176. The van der Waals surface area contributed by atoms with E-state index in [1.54, 1.807) is 24.3 Å². The zero-order valence-electron chi connectivity index (χ0n) is 15.4. The van der Waals surface area contributed by atoms with Crippen LogP contribution in [0.3, 0.4) is 0 Å². The molecule has 0 saturated carbocycles. The molecule has 1 aliphatic carbocycles. The summed E-state index contributed by atoms with van der Waals surface area (Å²) in [5, 5.41) is 1.15. The summed E-state index contributed by atoms with van der Waals surface area (Å²) < 4.78 is 0. The van der Waals surface area contributed by atoms with E-state index in [4.69, 9.17) is 23.2 Å². The van der Waals surface area contributed by atoms with E-state index in [0.717, 1.165) is 22.3 Å². The van der Waals surface area contributed by atoms with Crippen LogP contribution < -0.4 is 0 Å². The number of allylic oxidation sites excluding steroid dienone is 2. The normalized spacial score (nSPS) is 13.7. The summed E-state index contributed by atoms with van der Waals surface area (Å²) in [4.78, 5) is 26.1. The molecule has 0 heterocycles. The van der Waals surface area contributed by atoms with Crippen molar-refractivity contribution in [1.82, 2.24) is 0 Å². The molecule has 0 bridgehead atoms. The molecule has 3 aromatic carbocycles. The van der Waals surface area contributed by atoms with Gasteiger partial charge in [-0.15, -0.1) is 0 Å². The van der Waals surface area contributed by atoms with E-state index < -0.39 is 0 Å². The molecule has 142 valence electrons. The minimum Gasteiger partial charge on any atom is -0.294 e. The first-order valence-electron chi connectivity index (χ1n) is 9.12. The van der Waals surface area contributed by atoms with E-state index in [1.807, 2.05) is 54.6 Å². The number of fused-ring (bicyclic) bond motifs is 1. The standard InChI is InChI=1S/C25H16Cl2O2/c26-19-8-4-5-16(13-19)9-12-22(28)25-23(29)14-18-10-11-20(27)15-21(18)24(25)17-6-2-1-3-7-17/h1-13,15H,14H2. The number of hydrogen-bond donors (Lipinski definition) is 0. The van der Waals surface area contributed by atoms with Crippen molar-refractivity contribution in [3.05, 3.63) is 117 Å². The highest BCUT2D eigenvalue weighted by Gasteiger charge is 2.29. The van der Waals surface area contributed by atoms with Crippen LogP contribution >= 0.6 is 23.2 Å². The van der Waals surface area contributed by atoms with Gasteiger partial charge in [-0.2, -0.15) is 0 Å². The van der Waals surface area contributed by atoms with Crippen molar-refractivity contribution in [3.8, 4) is 0 Å². The third kappa shape index (κ3) is 4.09. The quantitative estimate of drug-likeness (QED) is 0.373. The first kappa shape index (κ1) is 19.4. The van der Waals surface area contributed by atoms with E-state index in [0.29, 0.717) is 15.6 Å². The molecule has 0 amide bonds. The van der Waals surface area contributed by atoms with Gasteiger partial charge in [0.2, 0.25) is 0 Å². The van der Waals surface area contributed by atoms with Crippen molar-refractivity contribution in [2.45, 2.75) is 6.42 Å². The second-order valence-corrected chi connectivity index (χ2v) is 7.64. The lowest BCUT2D eigenvalue weighted by Gasteiger charge is -2.22. The molecule has 29 heavy (non-hydrogen) atoms. The Labute approximate surface area is 179 Å². The molecule has 0 unspecified atom stereocenters. The highest BCUT2D eigenvalue weighted by atomic mass is 35.5. The largest absolute Gasteiger partial charge is 0.294 e. The molecular weight excluding hydrogens is 403 g/mol. The Kier molecular flexibility index (Phi) is 5.48. The van der Waals surface area contributed by atoms with Crippen molar-refractivity contribution in [2.75, 3.05) is 0 Å². The van der Waals surface area contributed by atoms with Crippen LogP contribution in [0.15, 0.2) is 84.4 Å². The van der Waals surface area contributed by atoms with Crippen molar-refractivity contribution in [1.29, 1.82) is 0 Å². The Morgan fingerprint density at radius 3 is 2.38 bits per heavy atom. The number of rotatable bonds is 4. The van der Waals surface area contributed by atoms with Gasteiger partial charge in [-0.05, 0) is 52.6 Å². The van der Waals surface area contributed by atoms with Crippen LogP contribution in [-0.4, -0.2) is 11.6 Å². The number of hydrogen-bond acceptors (Lipinski definition) is 2. The molecule has 2 nitrogen and oxygen atoms in total. The molecule has 3 aromatic rings. The Morgan fingerprint density at radius 2 is 1.62 bits per heavy atom. The summed E-state index contributed by atoms with van der Waals surface area (Å²) in [7, 11) is 0. The zero-order valence-corrected chi connectivity index (χ0v) is 16.9. The van der Waals surface area contributed by atoms with E-state index in [-0.39, 0.29) is 23.6 Å². The number of ketones is 2. The zero-order chi connectivity index (χ0) is 20.4. The van der Waals surface area contributed by atoms with Crippen LogP contribution in [0.2, 0.25) is 10.0 Å². The first-order valence-corrected chi connectivity index (χ1v) is 9.88. The Balaban J connectivity index is 1.86. The van der Waals surface area contributed by atoms with Gasteiger partial charge in [0, 0.05) is 22.0 Å². The van der Waals surface area contributed by atoms with Gasteiger partial charge in [-0.1, -0.05) is 77.8 Å². The van der Waals surface area contributed by atoms with Crippen LogP contribution in [0.25, 0.3) is 11.6 Å². The number of carbonyl (C=O) groups is 2. The number of benzene rings is 3. The average molecular weight is 419 g/mol. The Bertz CT molecular complexity index is 1170. The molecule has 0 N–H and O–H groups in total. The lowest BCUT2D eigenvalue weighted by molar-refractivity contribution is -0.119. The van der Waals surface area contributed by atoms with Crippen LogP contribution in [-0.2, 0) is 16.0 Å². The van der Waals surface area contributed by atoms with Gasteiger partial charge >= 0.3 is 0 Å². The molecule has 4 heteroatoms. The number of Topliss-reactive ketones (excluding diaryl/α,β-unsaturated/α-hetero) is 1. The monoisotopic (exact) mass is 418 g/mol. The Hall–Kier alpha value is -2.94. The van der Waals surface area contributed by atoms with Gasteiger partial charge in [0.25, 0.3) is 0 Å². The van der Waals surface area contributed by atoms with Gasteiger partial charge < -0.3 is 0 Å². The predicted molar refractivity (Wildman–Crippen MR) is 118 cm³/mol. The maximum atomic E-state index is 13.1. The molecule has 0 atom stereocenters. The number of halogens is 2. The summed E-state index contributed by atoms with van der Waals surface area (Å²) >= 11 is 12.2. The molecule has 0 saturated heterocycles. The van der Waals surface area contributed by atoms with Crippen LogP contribution in [0.1, 0.15) is 22.3 Å². The molecule has 0 aliphatic heterocycles. The second-order valence-electron chi connectivity index (χ2n) is 6.77. The van der Waals surface area contributed by atoms with E-state index >= 15 is 0 Å². The fourth-order valence-electron chi connectivity index (χ4n) is 3.50. The lowest BCUT2D eigenvalue weighted by atomic mass is 9.80. The lowest BCUT2D eigenvalue weighted by Crippen LogP contribution is -2.21. The molecule has 0 fully saturated rings. The van der Waals surface area contributed by atoms with Gasteiger partial charge in [-0.3, -0.25) is 9.59 Å². The fraction of sp³-hybridized carbons (Fsp3) is 0.0400. The molecule has 0 aromatic heterocycles. The summed E-state index contributed by atoms with van der Waals surface area (Å²) in [5.74, 6) is -0.529. The highest BCUT2D eigenvalue weighted by Crippen LogP contribution is 2.36. The SMILES string of the molecule is O=C(C=Cc1cccc(Cl)c1)C1=C(c2ccccc2)c2cc(Cl)ccc2CC1=O. The smallest absolute Gasteiger partial charge is 0.190 e. The topological polar surface area (TPSA) is 34.1 Å². The highest BCUT2D eigenvalue weighted by molar-refractivity contribution is 6.33. The minimum atomic E-state index is -0.334. The number of carbonyl (C=O) groups excluding carboxylic acids is 2. The summed E-state index contributed by atoms with van der Waals surface area (Å²) in [6.45, 7) is 0. The van der Waals surface area contributed by atoms with E-state index in [9.17, 15) is 9.59 Å². The summed E-state index contributed by atoms with van der Waals surface area (Å²) in [6.07, 6.45) is 3.27. The third-order valence-corrected chi connectivity index (χ3v) is 5.28. The molecular formula is C25H16Cl2O2. The first-order chi connectivity index (χ1) is 14.0. The molecule has 0 radical (unpaired) electrons. The Morgan fingerprint density at radius 1 is 0.862 bits per heavy atom.